The van der Waals surface area contributed by atoms with E-state index in [2.05, 4.69) is 164 Å². The van der Waals surface area contributed by atoms with Gasteiger partial charge in [-0.05, 0) is 130 Å². The summed E-state index contributed by atoms with van der Waals surface area (Å²) in [6.07, 6.45) is 10.1. The van der Waals surface area contributed by atoms with E-state index in [1.54, 1.807) is 5.56 Å². The average molecular weight is 648 g/mol. The van der Waals surface area contributed by atoms with E-state index >= 15 is 0 Å². The topological polar surface area (TPSA) is 3.24 Å². The van der Waals surface area contributed by atoms with Gasteiger partial charge in [-0.1, -0.05) is 136 Å². The summed E-state index contributed by atoms with van der Waals surface area (Å²) in [4.78, 5) is 2.46. The maximum atomic E-state index is 2.47. The number of hydrogen-bond donors (Lipinski definition) is 0. The molecule has 4 saturated carbocycles. The number of benzene rings is 6. The highest BCUT2D eigenvalue weighted by Crippen LogP contribution is 2.68. The van der Waals surface area contributed by atoms with Gasteiger partial charge >= 0.3 is 0 Å². The van der Waals surface area contributed by atoms with Gasteiger partial charge in [0.1, 0.15) is 0 Å². The van der Waals surface area contributed by atoms with E-state index in [9.17, 15) is 0 Å². The molecule has 0 aliphatic heterocycles. The van der Waals surface area contributed by atoms with Crippen molar-refractivity contribution in [1.29, 1.82) is 0 Å². The third kappa shape index (κ3) is 4.59. The van der Waals surface area contributed by atoms with Crippen molar-refractivity contribution in [3.63, 3.8) is 0 Å². The van der Waals surface area contributed by atoms with Gasteiger partial charge in [-0.15, -0.1) is 0 Å². The Morgan fingerprint density at radius 1 is 0.520 bits per heavy atom. The van der Waals surface area contributed by atoms with Crippen molar-refractivity contribution in [2.75, 3.05) is 4.90 Å². The molecule has 6 aromatic rings. The Morgan fingerprint density at radius 2 is 1.16 bits per heavy atom. The second-order valence-electron chi connectivity index (χ2n) is 16.5. The lowest BCUT2D eigenvalue weighted by molar-refractivity contribution is -0.0892. The Kier molecular flexibility index (Phi) is 6.63. The normalized spacial score (nSPS) is 23.8. The van der Waals surface area contributed by atoms with Crippen molar-refractivity contribution in [3.05, 3.63) is 162 Å². The van der Waals surface area contributed by atoms with Gasteiger partial charge in [0.2, 0.25) is 0 Å². The predicted octanol–water partition coefficient (Wildman–Crippen LogP) is 13.4. The van der Waals surface area contributed by atoms with Crippen molar-refractivity contribution in [3.8, 4) is 33.4 Å². The van der Waals surface area contributed by atoms with Crippen LogP contribution in [0.5, 0.6) is 0 Å². The van der Waals surface area contributed by atoms with Crippen LogP contribution in [0.15, 0.2) is 146 Å². The molecule has 5 aliphatic rings. The Bertz CT molecular complexity index is 2210. The van der Waals surface area contributed by atoms with Crippen molar-refractivity contribution < 1.29 is 0 Å². The minimum absolute atomic E-state index is 0.0710. The molecule has 1 spiro atoms. The first-order valence-corrected chi connectivity index (χ1v) is 18.8. The number of para-hydroxylation sites is 1. The van der Waals surface area contributed by atoms with E-state index in [-0.39, 0.29) is 5.41 Å². The summed E-state index contributed by atoms with van der Waals surface area (Å²) < 4.78 is 0. The van der Waals surface area contributed by atoms with Crippen molar-refractivity contribution in [2.45, 2.75) is 69.6 Å². The third-order valence-corrected chi connectivity index (χ3v) is 13.2. The van der Waals surface area contributed by atoms with Crippen LogP contribution in [0.25, 0.3) is 33.4 Å². The largest absolute Gasteiger partial charge is 0.310 e. The summed E-state index contributed by atoms with van der Waals surface area (Å²) in [5, 5.41) is 0. The van der Waals surface area contributed by atoms with E-state index in [0.717, 1.165) is 11.6 Å². The molecule has 246 valence electrons. The molecular formula is C49H45N. The molecule has 5 aliphatic carbocycles. The predicted molar refractivity (Wildman–Crippen MR) is 209 cm³/mol. The summed E-state index contributed by atoms with van der Waals surface area (Å²) in [7, 11) is 0. The summed E-state index contributed by atoms with van der Waals surface area (Å²) in [6, 6.07) is 54.7. The smallest absolute Gasteiger partial charge is 0.0540 e. The van der Waals surface area contributed by atoms with Crippen LogP contribution in [0.2, 0.25) is 0 Å². The second-order valence-corrected chi connectivity index (χ2v) is 16.5. The minimum atomic E-state index is -0.0710. The SMILES string of the molecule is CC1(C)c2ccccc2-c2ccc(N(c3ccc(-c4ccc(C56CCCC7(CC(C7)C5)C6)cc4)cc3)c3ccccc3-c3ccccc3)cc21. The zero-order valence-electron chi connectivity index (χ0n) is 29.3. The molecule has 1 nitrogen and oxygen atoms in total. The van der Waals surface area contributed by atoms with Gasteiger partial charge in [-0.25, -0.2) is 0 Å². The number of rotatable bonds is 6. The van der Waals surface area contributed by atoms with E-state index in [4.69, 9.17) is 0 Å². The highest BCUT2D eigenvalue weighted by molar-refractivity contribution is 5.90. The van der Waals surface area contributed by atoms with Crippen molar-refractivity contribution in [2.24, 2.45) is 11.3 Å². The lowest BCUT2D eigenvalue weighted by Crippen LogP contribution is -2.54. The van der Waals surface area contributed by atoms with Gasteiger partial charge in [0.15, 0.2) is 0 Å². The number of hydrogen-bond acceptors (Lipinski definition) is 1. The van der Waals surface area contributed by atoms with Gasteiger partial charge in [-0.3, -0.25) is 0 Å². The summed E-state index contributed by atoms with van der Waals surface area (Å²) in [5.41, 5.74) is 16.7. The average Bonchev–Trinajstić information content (AvgIpc) is 3.38. The Morgan fingerprint density at radius 3 is 1.94 bits per heavy atom. The summed E-state index contributed by atoms with van der Waals surface area (Å²) in [5.74, 6) is 0.971. The lowest BCUT2D eigenvalue weighted by Gasteiger charge is -2.64. The monoisotopic (exact) mass is 647 g/mol. The van der Waals surface area contributed by atoms with Crippen LogP contribution in [0.4, 0.5) is 17.1 Å². The second kappa shape index (κ2) is 11.1. The maximum absolute atomic E-state index is 2.47. The number of anilines is 3. The highest BCUT2D eigenvalue weighted by Gasteiger charge is 2.58. The molecule has 6 aromatic carbocycles. The number of fused-ring (bicyclic) bond motifs is 3. The molecule has 4 fully saturated rings. The van der Waals surface area contributed by atoms with Crippen LogP contribution < -0.4 is 4.90 Å². The zero-order valence-corrected chi connectivity index (χ0v) is 29.3. The van der Waals surface area contributed by atoms with Gasteiger partial charge in [0.25, 0.3) is 0 Å². The molecule has 0 saturated heterocycles. The molecule has 1 atom stereocenters. The summed E-state index contributed by atoms with van der Waals surface area (Å²) >= 11 is 0. The van der Waals surface area contributed by atoms with Gasteiger partial charge < -0.3 is 4.90 Å². The first-order valence-electron chi connectivity index (χ1n) is 18.8. The first kappa shape index (κ1) is 30.0. The van der Waals surface area contributed by atoms with Crippen LogP contribution in [0, 0.1) is 11.3 Å². The third-order valence-electron chi connectivity index (χ3n) is 13.2. The molecule has 11 rings (SSSR count). The molecule has 0 aromatic heterocycles. The molecule has 0 N–H and O–H groups in total. The molecule has 3 bridgehead atoms. The molecular weight excluding hydrogens is 603 g/mol. The standard InChI is InChI=1S/C49H45N/c1-47(2)44-15-8-6-14-42(44)43-26-25-40(29-45(43)47)50(46-16-9-7-13-41(46)37-11-4-3-5-12-37)39-23-19-36(20-24-39)35-17-21-38(22-18-35)49-28-10-27-48(33-49)30-34(31-48)32-49/h3-9,11-26,29,34H,10,27-28,30-33H2,1-2H3. The minimum Gasteiger partial charge on any atom is -0.310 e. The molecule has 50 heavy (non-hydrogen) atoms. The maximum Gasteiger partial charge on any atom is 0.0540 e. The molecule has 1 heteroatoms. The van der Waals surface area contributed by atoms with Crippen molar-refractivity contribution in [1.82, 2.24) is 0 Å². The Labute approximate surface area is 297 Å². The number of nitrogens with zero attached hydrogens (tertiary/aromatic N) is 1. The van der Waals surface area contributed by atoms with Crippen LogP contribution >= 0.6 is 0 Å². The Hall–Kier alpha value is -4.88. The van der Waals surface area contributed by atoms with E-state index in [1.807, 2.05) is 0 Å². The molecule has 0 amide bonds. The van der Waals surface area contributed by atoms with E-state index < -0.39 is 0 Å². The van der Waals surface area contributed by atoms with E-state index in [1.165, 1.54) is 101 Å². The van der Waals surface area contributed by atoms with Crippen LogP contribution in [0.1, 0.15) is 75.5 Å². The van der Waals surface area contributed by atoms with Crippen LogP contribution in [0.3, 0.4) is 0 Å². The van der Waals surface area contributed by atoms with Crippen molar-refractivity contribution >= 4 is 17.1 Å². The van der Waals surface area contributed by atoms with Crippen LogP contribution in [-0.4, -0.2) is 0 Å². The van der Waals surface area contributed by atoms with Gasteiger partial charge in [0.05, 0.1) is 5.69 Å². The first-order chi connectivity index (χ1) is 24.4. The zero-order chi connectivity index (χ0) is 33.5. The lowest BCUT2D eigenvalue weighted by atomic mass is 9.41. The van der Waals surface area contributed by atoms with Gasteiger partial charge in [-0.2, -0.15) is 0 Å². The molecule has 0 radical (unpaired) electrons. The summed E-state index contributed by atoms with van der Waals surface area (Å²) in [6.45, 7) is 4.74. The Balaban J connectivity index is 1.04. The molecule has 0 heterocycles. The van der Waals surface area contributed by atoms with E-state index in [0.29, 0.717) is 10.8 Å². The fourth-order valence-electron chi connectivity index (χ4n) is 11.1. The fourth-order valence-corrected chi connectivity index (χ4v) is 11.1. The molecule has 1 unspecified atom stereocenters. The van der Waals surface area contributed by atoms with Crippen LogP contribution in [-0.2, 0) is 10.8 Å². The quantitative estimate of drug-likeness (QED) is 0.174. The fraction of sp³-hybridized carbons (Fsp3) is 0.265. The van der Waals surface area contributed by atoms with Gasteiger partial charge in [0, 0.05) is 22.4 Å². The highest BCUT2D eigenvalue weighted by atomic mass is 15.1.